The van der Waals surface area contributed by atoms with Crippen LogP contribution < -0.4 is 4.90 Å². The Labute approximate surface area is 144 Å². The van der Waals surface area contributed by atoms with Crippen molar-refractivity contribution < 1.29 is 0 Å². The maximum Gasteiger partial charge on any atom is 0.0494 e. The van der Waals surface area contributed by atoms with Gasteiger partial charge in [-0.1, -0.05) is 12.1 Å². The lowest BCUT2D eigenvalue weighted by Crippen LogP contribution is -2.11. The van der Waals surface area contributed by atoms with Crippen molar-refractivity contribution >= 4 is 17.1 Å². The lowest BCUT2D eigenvalue weighted by atomic mass is 10.1. The van der Waals surface area contributed by atoms with E-state index in [1.165, 1.54) is 33.6 Å². The van der Waals surface area contributed by atoms with E-state index < -0.39 is 0 Å². The Hall–Kier alpha value is -2.61. The molecule has 0 saturated carbocycles. The van der Waals surface area contributed by atoms with Gasteiger partial charge in [0.1, 0.15) is 0 Å². The first-order valence-corrected chi connectivity index (χ1v) is 8.32. The van der Waals surface area contributed by atoms with E-state index in [4.69, 9.17) is 0 Å². The summed E-state index contributed by atoms with van der Waals surface area (Å²) in [5, 5.41) is 0. The summed E-state index contributed by atoms with van der Waals surface area (Å²) >= 11 is 0. The molecule has 0 N–H and O–H groups in total. The molecule has 24 heavy (non-hydrogen) atoms. The van der Waals surface area contributed by atoms with Gasteiger partial charge in [-0.15, -0.1) is 0 Å². The highest BCUT2D eigenvalue weighted by Crippen LogP contribution is 2.36. The van der Waals surface area contributed by atoms with E-state index in [0.717, 1.165) is 11.4 Å². The molecule has 0 radical (unpaired) electrons. The Balaban J connectivity index is 2.24. The van der Waals surface area contributed by atoms with Crippen LogP contribution in [-0.4, -0.2) is 4.98 Å². The van der Waals surface area contributed by atoms with Crippen molar-refractivity contribution in [2.24, 2.45) is 0 Å². The fourth-order valence-electron chi connectivity index (χ4n) is 3.28. The minimum Gasteiger partial charge on any atom is -0.310 e. The summed E-state index contributed by atoms with van der Waals surface area (Å²) in [6.45, 7) is 10.6. The number of hydrogen-bond donors (Lipinski definition) is 0. The third kappa shape index (κ3) is 3.48. The van der Waals surface area contributed by atoms with Crippen molar-refractivity contribution in [3.8, 4) is 0 Å². The fraction of sp³-hybridized carbons (Fsp3) is 0.227. The quantitative estimate of drug-likeness (QED) is 0.581. The Kier molecular flexibility index (Phi) is 4.39. The molecule has 0 spiro atoms. The minimum atomic E-state index is 1.02. The summed E-state index contributed by atoms with van der Waals surface area (Å²) < 4.78 is 0. The van der Waals surface area contributed by atoms with Gasteiger partial charge in [0.15, 0.2) is 0 Å². The standard InChI is InChI=1S/C22H24N2/c1-15-8-16(2)11-21(10-15)24(20-6-7-23-19(5)14-20)22-12-17(3)9-18(4)13-22/h6-14H,1-5H3. The average molecular weight is 316 g/mol. The number of rotatable bonds is 3. The van der Waals surface area contributed by atoms with Gasteiger partial charge < -0.3 is 4.90 Å². The predicted molar refractivity (Wildman–Crippen MR) is 103 cm³/mol. The molecule has 2 heteroatoms. The molecule has 2 aromatic carbocycles. The topological polar surface area (TPSA) is 16.1 Å². The van der Waals surface area contributed by atoms with Crippen molar-refractivity contribution in [2.75, 3.05) is 4.90 Å². The predicted octanol–water partition coefficient (Wildman–Crippen LogP) is 6.09. The Morgan fingerprint density at radius 2 is 1.04 bits per heavy atom. The molecule has 0 aliphatic carbocycles. The van der Waals surface area contributed by atoms with Crippen molar-refractivity contribution in [1.82, 2.24) is 4.98 Å². The molecule has 0 aliphatic heterocycles. The fourth-order valence-corrected chi connectivity index (χ4v) is 3.28. The number of anilines is 3. The normalized spacial score (nSPS) is 10.7. The molecule has 1 aromatic heterocycles. The second-order valence-electron chi connectivity index (χ2n) is 6.68. The first kappa shape index (κ1) is 16.3. The number of aromatic nitrogens is 1. The molecule has 3 aromatic rings. The SMILES string of the molecule is Cc1cc(C)cc(N(c2cc(C)cc(C)c2)c2ccnc(C)c2)c1. The van der Waals surface area contributed by atoms with Gasteiger partial charge in [0.2, 0.25) is 0 Å². The van der Waals surface area contributed by atoms with E-state index in [-0.39, 0.29) is 0 Å². The molecule has 1 heterocycles. The van der Waals surface area contributed by atoms with Gasteiger partial charge in [-0.2, -0.15) is 0 Å². The van der Waals surface area contributed by atoms with Gasteiger partial charge in [0, 0.05) is 29.0 Å². The van der Waals surface area contributed by atoms with Gasteiger partial charge in [-0.3, -0.25) is 4.98 Å². The van der Waals surface area contributed by atoms with E-state index in [1.807, 2.05) is 13.1 Å². The van der Waals surface area contributed by atoms with Crippen LogP contribution in [0.3, 0.4) is 0 Å². The van der Waals surface area contributed by atoms with E-state index >= 15 is 0 Å². The van der Waals surface area contributed by atoms with Crippen LogP contribution in [0.25, 0.3) is 0 Å². The van der Waals surface area contributed by atoms with Crippen LogP contribution in [-0.2, 0) is 0 Å². The van der Waals surface area contributed by atoms with E-state index in [2.05, 4.69) is 86.1 Å². The number of hydrogen-bond acceptors (Lipinski definition) is 2. The van der Waals surface area contributed by atoms with Crippen molar-refractivity contribution in [3.63, 3.8) is 0 Å². The minimum absolute atomic E-state index is 1.02. The zero-order chi connectivity index (χ0) is 17.3. The molecule has 2 nitrogen and oxygen atoms in total. The van der Waals surface area contributed by atoms with Gasteiger partial charge in [0.25, 0.3) is 0 Å². The van der Waals surface area contributed by atoms with Crippen molar-refractivity contribution in [1.29, 1.82) is 0 Å². The number of pyridine rings is 1. The van der Waals surface area contributed by atoms with Crippen molar-refractivity contribution in [3.05, 3.63) is 82.7 Å². The second-order valence-corrected chi connectivity index (χ2v) is 6.68. The molecule has 122 valence electrons. The number of benzene rings is 2. The first-order valence-electron chi connectivity index (χ1n) is 8.32. The van der Waals surface area contributed by atoms with Gasteiger partial charge in [-0.05, 0) is 93.3 Å². The summed E-state index contributed by atoms with van der Waals surface area (Å²) in [6.07, 6.45) is 1.88. The summed E-state index contributed by atoms with van der Waals surface area (Å²) in [6, 6.07) is 17.6. The third-order valence-electron chi connectivity index (χ3n) is 4.07. The molecule has 3 rings (SSSR count). The summed E-state index contributed by atoms with van der Waals surface area (Å²) in [5.41, 5.74) is 9.60. The van der Waals surface area contributed by atoms with Crippen LogP contribution in [0.2, 0.25) is 0 Å². The van der Waals surface area contributed by atoms with Gasteiger partial charge in [-0.25, -0.2) is 0 Å². The smallest absolute Gasteiger partial charge is 0.0494 e. The van der Waals surface area contributed by atoms with Crippen LogP contribution >= 0.6 is 0 Å². The lowest BCUT2D eigenvalue weighted by Gasteiger charge is -2.27. The van der Waals surface area contributed by atoms with Crippen LogP contribution in [0.1, 0.15) is 27.9 Å². The highest BCUT2D eigenvalue weighted by molar-refractivity contribution is 5.77. The number of aryl methyl sites for hydroxylation is 5. The van der Waals surface area contributed by atoms with Crippen LogP contribution in [0, 0.1) is 34.6 Å². The van der Waals surface area contributed by atoms with Crippen LogP contribution in [0.15, 0.2) is 54.7 Å². The summed E-state index contributed by atoms with van der Waals surface area (Å²) in [7, 11) is 0. The molecule has 0 saturated heterocycles. The van der Waals surface area contributed by atoms with E-state index in [1.54, 1.807) is 0 Å². The maximum absolute atomic E-state index is 4.35. The Morgan fingerprint density at radius 1 is 0.583 bits per heavy atom. The summed E-state index contributed by atoms with van der Waals surface area (Å²) in [5.74, 6) is 0. The first-order chi connectivity index (χ1) is 11.4. The molecule has 0 aliphatic rings. The second kappa shape index (κ2) is 6.48. The molecule has 0 unspecified atom stereocenters. The van der Waals surface area contributed by atoms with Crippen LogP contribution in [0.4, 0.5) is 17.1 Å². The van der Waals surface area contributed by atoms with Crippen molar-refractivity contribution in [2.45, 2.75) is 34.6 Å². The zero-order valence-electron chi connectivity index (χ0n) is 15.1. The maximum atomic E-state index is 4.35. The molecular formula is C22H24N2. The Morgan fingerprint density at radius 3 is 1.46 bits per heavy atom. The third-order valence-corrected chi connectivity index (χ3v) is 4.07. The summed E-state index contributed by atoms with van der Waals surface area (Å²) in [4.78, 5) is 6.67. The molecule has 0 amide bonds. The highest BCUT2D eigenvalue weighted by atomic mass is 15.1. The number of nitrogens with zero attached hydrogens (tertiary/aromatic N) is 2. The molecule has 0 bridgehead atoms. The largest absolute Gasteiger partial charge is 0.310 e. The zero-order valence-corrected chi connectivity index (χ0v) is 15.1. The molecule has 0 fully saturated rings. The van der Waals surface area contributed by atoms with Gasteiger partial charge >= 0.3 is 0 Å². The monoisotopic (exact) mass is 316 g/mol. The van der Waals surface area contributed by atoms with Gasteiger partial charge in [0.05, 0.1) is 0 Å². The van der Waals surface area contributed by atoms with E-state index in [0.29, 0.717) is 0 Å². The van der Waals surface area contributed by atoms with E-state index in [9.17, 15) is 0 Å². The average Bonchev–Trinajstić information content (AvgIpc) is 2.45. The Bertz CT molecular complexity index is 789. The molecular weight excluding hydrogens is 292 g/mol. The lowest BCUT2D eigenvalue weighted by molar-refractivity contribution is 1.16. The molecule has 0 atom stereocenters. The van der Waals surface area contributed by atoms with Crippen LogP contribution in [0.5, 0.6) is 0 Å². The highest BCUT2D eigenvalue weighted by Gasteiger charge is 2.14.